The third-order valence-corrected chi connectivity index (χ3v) is 1.93. The molecule has 0 aliphatic heterocycles. The van der Waals surface area contributed by atoms with E-state index in [1.165, 1.54) is 0 Å². The molecule has 0 atom stereocenters. The first-order valence-corrected chi connectivity index (χ1v) is 4.42. The van der Waals surface area contributed by atoms with Gasteiger partial charge in [-0.2, -0.15) is 5.10 Å². The molecule has 0 amide bonds. The molecule has 0 fully saturated rings. The summed E-state index contributed by atoms with van der Waals surface area (Å²) < 4.78 is 1.71. The molecule has 0 radical (unpaired) electrons. The van der Waals surface area contributed by atoms with Gasteiger partial charge < -0.3 is 5.73 Å². The van der Waals surface area contributed by atoms with Crippen molar-refractivity contribution in [2.24, 2.45) is 0 Å². The van der Waals surface area contributed by atoms with Gasteiger partial charge in [0.1, 0.15) is 0 Å². The molecule has 0 aliphatic rings. The minimum Gasteiger partial charge on any atom is -0.396 e. The summed E-state index contributed by atoms with van der Waals surface area (Å²) in [6.45, 7) is 2.06. The Morgan fingerprint density at radius 2 is 2.07 bits per heavy atom. The Kier molecular flexibility index (Phi) is 2.14. The summed E-state index contributed by atoms with van der Waals surface area (Å²) in [4.78, 5) is 8.19. The van der Waals surface area contributed by atoms with Crippen molar-refractivity contribution in [3.05, 3.63) is 30.4 Å². The molecule has 0 aliphatic carbocycles. The average molecular weight is 189 g/mol. The second-order valence-electron chi connectivity index (χ2n) is 2.90. The van der Waals surface area contributed by atoms with Crippen LogP contribution >= 0.6 is 0 Å². The maximum absolute atomic E-state index is 5.50. The molecule has 0 saturated carbocycles. The monoisotopic (exact) mass is 189 g/mol. The third-order valence-electron chi connectivity index (χ3n) is 1.93. The Hall–Kier alpha value is -1.91. The highest BCUT2D eigenvalue weighted by atomic mass is 15.3. The summed E-state index contributed by atoms with van der Waals surface area (Å²) >= 11 is 0. The normalized spacial score (nSPS) is 10.4. The summed E-state index contributed by atoms with van der Waals surface area (Å²) in [6.07, 6.45) is 5.78. The van der Waals surface area contributed by atoms with Gasteiger partial charge in [0.25, 0.3) is 5.95 Å². The molecule has 0 unspecified atom stereocenters. The lowest BCUT2D eigenvalue weighted by Gasteiger charge is -2.02. The van der Waals surface area contributed by atoms with Crippen molar-refractivity contribution in [3.63, 3.8) is 0 Å². The fourth-order valence-corrected chi connectivity index (χ4v) is 1.22. The average Bonchev–Trinajstić information content (AvgIpc) is 2.67. The Morgan fingerprint density at radius 3 is 2.71 bits per heavy atom. The quantitative estimate of drug-likeness (QED) is 0.758. The van der Waals surface area contributed by atoms with Crippen molar-refractivity contribution in [3.8, 4) is 5.95 Å². The van der Waals surface area contributed by atoms with Gasteiger partial charge in [-0.15, -0.1) is 0 Å². The number of anilines is 1. The fourth-order valence-electron chi connectivity index (χ4n) is 1.22. The van der Waals surface area contributed by atoms with Crippen molar-refractivity contribution in [1.29, 1.82) is 0 Å². The molecule has 72 valence electrons. The summed E-state index contributed by atoms with van der Waals surface area (Å²) in [7, 11) is 0. The van der Waals surface area contributed by atoms with Crippen LogP contribution in [0.25, 0.3) is 5.95 Å². The molecule has 14 heavy (non-hydrogen) atoms. The van der Waals surface area contributed by atoms with Crippen molar-refractivity contribution < 1.29 is 0 Å². The lowest BCUT2D eigenvalue weighted by atomic mass is 10.3. The fraction of sp³-hybridized carbons (Fsp3) is 0.222. The van der Waals surface area contributed by atoms with Crippen LogP contribution in [0.5, 0.6) is 0 Å². The zero-order valence-corrected chi connectivity index (χ0v) is 7.88. The van der Waals surface area contributed by atoms with Crippen molar-refractivity contribution in [2.45, 2.75) is 13.3 Å². The molecule has 0 spiro atoms. The van der Waals surface area contributed by atoms with E-state index in [4.69, 9.17) is 5.73 Å². The predicted molar refractivity (Wildman–Crippen MR) is 52.9 cm³/mol. The molecule has 2 aromatic rings. The highest BCUT2D eigenvalue weighted by Gasteiger charge is 2.04. The number of nitrogens with zero attached hydrogens (tertiary/aromatic N) is 4. The van der Waals surface area contributed by atoms with Crippen LogP contribution in [0.4, 0.5) is 5.69 Å². The van der Waals surface area contributed by atoms with Gasteiger partial charge in [-0.1, -0.05) is 6.92 Å². The lowest BCUT2D eigenvalue weighted by molar-refractivity contribution is 0.761. The second kappa shape index (κ2) is 3.45. The predicted octanol–water partition coefficient (Wildman–Crippen LogP) is 0.807. The topological polar surface area (TPSA) is 69.6 Å². The Labute approximate surface area is 81.6 Å². The molecule has 0 saturated heterocycles. The highest BCUT2D eigenvalue weighted by Crippen LogP contribution is 2.06. The highest BCUT2D eigenvalue weighted by molar-refractivity contribution is 5.32. The minimum atomic E-state index is 0.555. The van der Waals surface area contributed by atoms with Crippen LogP contribution in [0.1, 0.15) is 12.6 Å². The Morgan fingerprint density at radius 1 is 1.36 bits per heavy atom. The molecular weight excluding hydrogens is 178 g/mol. The number of hydrogen-bond donors (Lipinski definition) is 1. The van der Waals surface area contributed by atoms with Gasteiger partial charge in [-0.25, -0.2) is 14.6 Å². The Balaban J connectivity index is 2.44. The maximum Gasteiger partial charge on any atom is 0.250 e. The van der Waals surface area contributed by atoms with Crippen molar-refractivity contribution >= 4 is 5.69 Å². The zero-order chi connectivity index (χ0) is 9.97. The number of aryl methyl sites for hydroxylation is 1. The van der Waals surface area contributed by atoms with Gasteiger partial charge >= 0.3 is 0 Å². The molecular formula is C9H11N5. The van der Waals surface area contributed by atoms with E-state index in [1.54, 1.807) is 23.3 Å². The van der Waals surface area contributed by atoms with Crippen LogP contribution in [0.3, 0.4) is 0 Å². The first kappa shape index (κ1) is 8.68. The van der Waals surface area contributed by atoms with Crippen molar-refractivity contribution in [2.75, 3.05) is 5.73 Å². The van der Waals surface area contributed by atoms with Gasteiger partial charge in [-0.05, 0) is 12.5 Å². The van der Waals surface area contributed by atoms with E-state index in [2.05, 4.69) is 22.0 Å². The van der Waals surface area contributed by atoms with Gasteiger partial charge in [0, 0.05) is 11.9 Å². The van der Waals surface area contributed by atoms with Crippen LogP contribution in [-0.2, 0) is 6.42 Å². The molecule has 2 rings (SSSR count). The molecule has 2 aromatic heterocycles. The number of hydrogen-bond acceptors (Lipinski definition) is 4. The Bertz CT molecular complexity index is 417. The van der Waals surface area contributed by atoms with E-state index in [-0.39, 0.29) is 0 Å². The summed E-state index contributed by atoms with van der Waals surface area (Å²) in [5.74, 6) is 0.557. The molecule has 0 bridgehead atoms. The van der Waals surface area contributed by atoms with Gasteiger partial charge in [0.2, 0.25) is 0 Å². The first-order chi connectivity index (χ1) is 6.81. The SMILES string of the molecule is CCc1ccnn1-c1ncc(N)cn1. The first-order valence-electron chi connectivity index (χ1n) is 4.42. The largest absolute Gasteiger partial charge is 0.396 e. The van der Waals surface area contributed by atoms with Crippen LogP contribution in [0, 0.1) is 0 Å². The lowest BCUT2D eigenvalue weighted by Crippen LogP contribution is -2.06. The number of nitrogen functional groups attached to an aromatic ring is 1. The molecule has 0 aromatic carbocycles. The smallest absolute Gasteiger partial charge is 0.250 e. The molecule has 2 heterocycles. The molecule has 5 heteroatoms. The number of nitrogens with two attached hydrogens (primary N) is 1. The standard InChI is InChI=1S/C9H11N5/c1-2-8-3-4-13-14(8)9-11-5-7(10)6-12-9/h3-6H,2,10H2,1H3. The number of aromatic nitrogens is 4. The van der Waals surface area contributed by atoms with E-state index >= 15 is 0 Å². The van der Waals surface area contributed by atoms with Crippen LogP contribution < -0.4 is 5.73 Å². The second-order valence-corrected chi connectivity index (χ2v) is 2.90. The van der Waals surface area contributed by atoms with Crippen LogP contribution in [-0.4, -0.2) is 19.7 Å². The van der Waals surface area contributed by atoms with E-state index in [1.807, 2.05) is 6.07 Å². The van der Waals surface area contributed by atoms with Crippen LogP contribution in [0.15, 0.2) is 24.7 Å². The van der Waals surface area contributed by atoms with Gasteiger partial charge in [-0.3, -0.25) is 0 Å². The summed E-state index contributed by atoms with van der Waals surface area (Å²) in [5.41, 5.74) is 7.13. The zero-order valence-electron chi connectivity index (χ0n) is 7.88. The summed E-state index contributed by atoms with van der Waals surface area (Å²) in [5, 5.41) is 4.14. The summed E-state index contributed by atoms with van der Waals surface area (Å²) in [6, 6.07) is 1.94. The van der Waals surface area contributed by atoms with Crippen molar-refractivity contribution in [1.82, 2.24) is 19.7 Å². The van der Waals surface area contributed by atoms with E-state index < -0.39 is 0 Å². The minimum absolute atomic E-state index is 0.555. The molecule has 2 N–H and O–H groups in total. The number of rotatable bonds is 2. The van der Waals surface area contributed by atoms with Gasteiger partial charge in [0.15, 0.2) is 0 Å². The van der Waals surface area contributed by atoms with E-state index in [0.717, 1.165) is 12.1 Å². The maximum atomic E-state index is 5.50. The van der Waals surface area contributed by atoms with Gasteiger partial charge in [0.05, 0.1) is 18.1 Å². The third kappa shape index (κ3) is 1.44. The van der Waals surface area contributed by atoms with E-state index in [9.17, 15) is 0 Å². The molecule has 5 nitrogen and oxygen atoms in total. The van der Waals surface area contributed by atoms with Crippen LogP contribution in [0.2, 0.25) is 0 Å². The van der Waals surface area contributed by atoms with E-state index in [0.29, 0.717) is 11.6 Å².